The Morgan fingerprint density at radius 1 is 1.18 bits per heavy atom. The molecule has 0 aliphatic heterocycles. The van der Waals surface area contributed by atoms with Crippen molar-refractivity contribution in [2.45, 2.75) is 0 Å². The van der Waals surface area contributed by atoms with Gasteiger partial charge in [-0.15, -0.1) is 0 Å². The number of allylic oxidation sites excluding steroid dienone is 1. The van der Waals surface area contributed by atoms with Crippen LogP contribution in [0.1, 0.15) is 16.3 Å². The van der Waals surface area contributed by atoms with Crippen LogP contribution < -0.4 is 0 Å². The van der Waals surface area contributed by atoms with Crippen LogP contribution in [0, 0.1) is 0 Å². The number of carbonyl (C=O) groups is 2. The van der Waals surface area contributed by atoms with Crippen molar-refractivity contribution in [1.29, 1.82) is 0 Å². The molecule has 0 aliphatic rings. The third-order valence-corrected chi connectivity index (χ3v) is 1.10. The summed E-state index contributed by atoms with van der Waals surface area (Å²) in [4.78, 5) is 20.0. The molecule has 3 heteroatoms. The molecule has 0 bridgehead atoms. The summed E-state index contributed by atoms with van der Waals surface area (Å²) >= 11 is 0. The van der Waals surface area contributed by atoms with Crippen LogP contribution in [0.15, 0.2) is 22.6 Å². The lowest BCUT2D eigenvalue weighted by atomic mass is 10.4. The van der Waals surface area contributed by atoms with Crippen molar-refractivity contribution >= 4 is 18.6 Å². The van der Waals surface area contributed by atoms with Gasteiger partial charge in [0.1, 0.15) is 12.0 Å². The van der Waals surface area contributed by atoms with E-state index in [9.17, 15) is 9.59 Å². The van der Waals surface area contributed by atoms with Crippen LogP contribution in [0.4, 0.5) is 0 Å². The minimum atomic E-state index is 0.260. The fourth-order valence-electron chi connectivity index (χ4n) is 0.655. The van der Waals surface area contributed by atoms with Gasteiger partial charge >= 0.3 is 0 Å². The van der Waals surface area contributed by atoms with Gasteiger partial charge in [-0.2, -0.15) is 0 Å². The lowest BCUT2D eigenvalue weighted by molar-refractivity contribution is -0.104. The van der Waals surface area contributed by atoms with Gasteiger partial charge < -0.3 is 4.42 Å². The van der Waals surface area contributed by atoms with Gasteiger partial charge in [0, 0.05) is 0 Å². The van der Waals surface area contributed by atoms with Crippen molar-refractivity contribution in [2.24, 2.45) is 0 Å². The molecule has 1 aromatic heterocycles. The normalized spacial score (nSPS) is 10.2. The van der Waals surface area contributed by atoms with Gasteiger partial charge in [-0.3, -0.25) is 9.59 Å². The first-order chi connectivity index (χ1) is 5.36. The highest BCUT2D eigenvalue weighted by atomic mass is 16.3. The Morgan fingerprint density at radius 3 is 2.45 bits per heavy atom. The zero-order valence-electron chi connectivity index (χ0n) is 5.69. The predicted molar refractivity (Wildman–Crippen MR) is 39.2 cm³/mol. The maximum absolute atomic E-state index is 10.1. The lowest BCUT2D eigenvalue weighted by Gasteiger charge is -1.79. The van der Waals surface area contributed by atoms with Crippen LogP contribution in [-0.4, -0.2) is 12.6 Å². The first-order valence-corrected chi connectivity index (χ1v) is 3.03. The standard InChI is InChI=1S/C8H6O3/c9-5-1-2-7-3-4-8(6-10)11-7/h1-6H. The molecule has 0 spiro atoms. The van der Waals surface area contributed by atoms with Crippen molar-refractivity contribution in [1.82, 2.24) is 0 Å². The van der Waals surface area contributed by atoms with E-state index >= 15 is 0 Å². The van der Waals surface area contributed by atoms with Crippen molar-refractivity contribution in [3.05, 3.63) is 29.7 Å². The van der Waals surface area contributed by atoms with E-state index in [2.05, 4.69) is 0 Å². The Labute approximate surface area is 63.3 Å². The SMILES string of the molecule is O=CC=Cc1ccc(C=O)o1. The Balaban J connectivity index is 2.80. The van der Waals surface area contributed by atoms with Gasteiger partial charge in [0.15, 0.2) is 12.0 Å². The molecule has 0 amide bonds. The van der Waals surface area contributed by atoms with Crippen LogP contribution in [0.25, 0.3) is 6.08 Å². The van der Waals surface area contributed by atoms with E-state index in [1.54, 1.807) is 6.07 Å². The molecule has 0 aromatic carbocycles. The third-order valence-electron chi connectivity index (χ3n) is 1.10. The highest BCUT2D eigenvalue weighted by Crippen LogP contribution is 2.06. The first kappa shape index (κ1) is 7.47. The molecule has 0 atom stereocenters. The van der Waals surface area contributed by atoms with Gasteiger partial charge in [0.25, 0.3) is 0 Å². The van der Waals surface area contributed by atoms with Gasteiger partial charge in [-0.25, -0.2) is 0 Å². The summed E-state index contributed by atoms with van der Waals surface area (Å²) in [7, 11) is 0. The zero-order valence-corrected chi connectivity index (χ0v) is 5.69. The summed E-state index contributed by atoms with van der Waals surface area (Å²) < 4.78 is 4.92. The fraction of sp³-hybridized carbons (Fsp3) is 0. The number of rotatable bonds is 3. The highest BCUT2D eigenvalue weighted by Gasteiger charge is 1.94. The summed E-state index contributed by atoms with van der Waals surface area (Å²) in [5, 5.41) is 0. The van der Waals surface area contributed by atoms with Crippen LogP contribution in [0.2, 0.25) is 0 Å². The monoisotopic (exact) mass is 150 g/mol. The quantitative estimate of drug-likeness (QED) is 0.482. The highest BCUT2D eigenvalue weighted by molar-refractivity contribution is 5.74. The topological polar surface area (TPSA) is 47.3 Å². The van der Waals surface area contributed by atoms with E-state index in [0.717, 1.165) is 0 Å². The van der Waals surface area contributed by atoms with Crippen LogP contribution in [0.3, 0.4) is 0 Å². The minimum Gasteiger partial charge on any atom is -0.454 e. The smallest absolute Gasteiger partial charge is 0.185 e. The van der Waals surface area contributed by atoms with Crippen molar-refractivity contribution in [3.8, 4) is 0 Å². The summed E-state index contributed by atoms with van der Waals surface area (Å²) in [6, 6.07) is 3.15. The number of carbonyl (C=O) groups excluding carboxylic acids is 2. The number of hydrogen-bond acceptors (Lipinski definition) is 3. The van der Waals surface area contributed by atoms with E-state index in [1.807, 2.05) is 0 Å². The molecule has 0 aliphatic carbocycles. The van der Waals surface area contributed by atoms with E-state index in [4.69, 9.17) is 4.42 Å². The number of aldehydes is 2. The van der Waals surface area contributed by atoms with E-state index < -0.39 is 0 Å². The summed E-state index contributed by atoms with van der Waals surface area (Å²) in [5.74, 6) is 0.759. The predicted octanol–water partition coefficient (Wildman–Crippen LogP) is 1.30. The molecule has 1 rings (SSSR count). The number of furan rings is 1. The molecule has 1 heterocycles. The Bertz CT molecular complexity index is 283. The Kier molecular flexibility index (Phi) is 2.38. The molecule has 11 heavy (non-hydrogen) atoms. The summed E-state index contributed by atoms with van der Waals surface area (Å²) in [6.45, 7) is 0. The first-order valence-electron chi connectivity index (χ1n) is 3.03. The maximum atomic E-state index is 10.1. The molecule has 0 radical (unpaired) electrons. The van der Waals surface area contributed by atoms with Crippen molar-refractivity contribution in [2.75, 3.05) is 0 Å². The molecule has 0 saturated carbocycles. The third kappa shape index (κ3) is 1.89. The van der Waals surface area contributed by atoms with Gasteiger partial charge in [-0.1, -0.05) is 0 Å². The fourth-order valence-corrected chi connectivity index (χ4v) is 0.655. The Hall–Kier alpha value is -1.64. The number of hydrogen-bond donors (Lipinski definition) is 0. The second-order valence-corrected chi connectivity index (χ2v) is 1.85. The summed E-state index contributed by atoms with van der Waals surface area (Å²) in [6.07, 6.45) is 4.04. The molecule has 0 N–H and O–H groups in total. The maximum Gasteiger partial charge on any atom is 0.185 e. The second-order valence-electron chi connectivity index (χ2n) is 1.85. The van der Waals surface area contributed by atoms with E-state index in [0.29, 0.717) is 18.3 Å². The lowest BCUT2D eigenvalue weighted by Crippen LogP contribution is -1.67. The van der Waals surface area contributed by atoms with Crippen LogP contribution in [-0.2, 0) is 4.79 Å². The molecular formula is C8H6O3. The van der Waals surface area contributed by atoms with Crippen LogP contribution in [0.5, 0.6) is 0 Å². The molecule has 56 valence electrons. The van der Waals surface area contributed by atoms with Gasteiger partial charge in [-0.05, 0) is 24.3 Å². The second kappa shape index (κ2) is 3.51. The largest absolute Gasteiger partial charge is 0.454 e. The van der Waals surface area contributed by atoms with Crippen LogP contribution >= 0.6 is 0 Å². The van der Waals surface area contributed by atoms with Crippen molar-refractivity contribution in [3.63, 3.8) is 0 Å². The molecule has 3 nitrogen and oxygen atoms in total. The van der Waals surface area contributed by atoms with E-state index in [1.165, 1.54) is 18.2 Å². The average molecular weight is 150 g/mol. The minimum absolute atomic E-state index is 0.260. The van der Waals surface area contributed by atoms with E-state index in [-0.39, 0.29) is 5.76 Å². The van der Waals surface area contributed by atoms with Gasteiger partial charge in [0.05, 0.1) is 0 Å². The molecule has 1 aromatic rings. The van der Waals surface area contributed by atoms with Gasteiger partial charge in [0.2, 0.25) is 0 Å². The molecule has 0 fully saturated rings. The molecule has 0 unspecified atom stereocenters. The molecular weight excluding hydrogens is 144 g/mol. The summed E-state index contributed by atoms with van der Waals surface area (Å²) in [5.41, 5.74) is 0. The average Bonchev–Trinajstić information content (AvgIpc) is 2.48. The molecule has 0 saturated heterocycles. The Morgan fingerprint density at radius 2 is 1.91 bits per heavy atom. The van der Waals surface area contributed by atoms with Crippen molar-refractivity contribution < 1.29 is 14.0 Å². The zero-order chi connectivity index (χ0) is 8.10.